The molecule has 3 rings (SSSR count). The van der Waals surface area contributed by atoms with Gasteiger partial charge in [0.25, 0.3) is 0 Å². The van der Waals surface area contributed by atoms with Crippen LogP contribution < -0.4 is 10.2 Å². The Morgan fingerprint density at radius 3 is 2.79 bits per heavy atom. The Morgan fingerprint density at radius 2 is 2.08 bits per heavy atom. The maximum atomic E-state index is 14.2. The Hall–Kier alpha value is -2.38. The highest BCUT2D eigenvalue weighted by Crippen LogP contribution is 2.27. The number of halogens is 1. The Labute approximate surface area is 139 Å². The molecule has 1 aliphatic heterocycles. The molecular weight excluding hydrogens is 314 g/mol. The van der Waals surface area contributed by atoms with Gasteiger partial charge >= 0.3 is 13.1 Å². The van der Waals surface area contributed by atoms with Crippen LogP contribution in [0.3, 0.4) is 0 Å². The third-order valence-corrected chi connectivity index (χ3v) is 3.52. The minimum absolute atomic E-state index is 0.00416. The molecule has 0 atom stereocenters. The van der Waals surface area contributed by atoms with Crippen molar-refractivity contribution in [3.8, 4) is 11.5 Å². The number of hydrogen-bond acceptors (Lipinski definition) is 5. The molecule has 0 fully saturated rings. The van der Waals surface area contributed by atoms with Gasteiger partial charge in [-0.15, -0.1) is 0 Å². The highest BCUT2D eigenvalue weighted by Gasteiger charge is 2.27. The number of ether oxygens (including phenoxy) is 2. The van der Waals surface area contributed by atoms with Crippen LogP contribution in [-0.4, -0.2) is 24.2 Å². The zero-order chi connectivity index (χ0) is 17.3. The fourth-order valence-corrected chi connectivity index (χ4v) is 2.39. The van der Waals surface area contributed by atoms with Crippen LogP contribution in [0, 0.1) is 5.82 Å². The van der Waals surface area contributed by atoms with Crippen molar-refractivity contribution >= 4 is 18.6 Å². The zero-order valence-corrected chi connectivity index (χ0v) is 13.3. The third-order valence-electron chi connectivity index (χ3n) is 3.52. The van der Waals surface area contributed by atoms with Crippen molar-refractivity contribution in [2.45, 2.75) is 26.6 Å². The summed E-state index contributed by atoms with van der Waals surface area (Å²) in [6.45, 7) is 3.72. The number of rotatable bonds is 4. The van der Waals surface area contributed by atoms with E-state index in [1.54, 1.807) is 32.0 Å². The smallest absolute Gasteiger partial charge is 0.459 e. The summed E-state index contributed by atoms with van der Waals surface area (Å²) in [6.07, 6.45) is -0.277. The summed E-state index contributed by atoms with van der Waals surface area (Å²) in [4.78, 5) is 11.8. The lowest BCUT2D eigenvalue weighted by Crippen LogP contribution is -2.27. The highest BCUT2D eigenvalue weighted by molar-refractivity contribution is 6.61. The molecule has 0 unspecified atom stereocenters. The van der Waals surface area contributed by atoms with E-state index in [2.05, 4.69) is 0 Å². The maximum absolute atomic E-state index is 14.2. The molecular formula is C17H16BFO5. The molecule has 1 N–H and O–H groups in total. The Morgan fingerprint density at radius 1 is 1.29 bits per heavy atom. The molecule has 7 heteroatoms. The molecule has 0 bridgehead atoms. The van der Waals surface area contributed by atoms with Crippen molar-refractivity contribution in [3.63, 3.8) is 0 Å². The van der Waals surface area contributed by atoms with E-state index >= 15 is 0 Å². The molecule has 1 heterocycles. The number of carbonyl (C=O) groups is 1. The van der Waals surface area contributed by atoms with E-state index < -0.39 is 18.9 Å². The average Bonchev–Trinajstić information content (AvgIpc) is 2.89. The van der Waals surface area contributed by atoms with E-state index in [1.165, 1.54) is 12.1 Å². The fourth-order valence-electron chi connectivity index (χ4n) is 2.39. The van der Waals surface area contributed by atoms with Gasteiger partial charge in [0.05, 0.1) is 18.3 Å². The molecule has 0 radical (unpaired) electrons. The molecule has 2 aromatic rings. The molecule has 0 saturated carbocycles. The van der Waals surface area contributed by atoms with Crippen LogP contribution >= 0.6 is 0 Å². The van der Waals surface area contributed by atoms with Gasteiger partial charge in [0, 0.05) is 0 Å². The number of benzene rings is 2. The summed E-state index contributed by atoms with van der Waals surface area (Å²) >= 11 is 0. The Kier molecular flexibility index (Phi) is 4.55. The molecule has 24 heavy (non-hydrogen) atoms. The van der Waals surface area contributed by atoms with Crippen molar-refractivity contribution < 1.29 is 28.3 Å². The van der Waals surface area contributed by atoms with Gasteiger partial charge in [-0.05, 0) is 55.2 Å². The molecule has 2 aromatic carbocycles. The van der Waals surface area contributed by atoms with Crippen molar-refractivity contribution in [2.24, 2.45) is 0 Å². The van der Waals surface area contributed by atoms with Gasteiger partial charge in [-0.3, -0.25) is 0 Å². The molecule has 0 aliphatic carbocycles. The lowest BCUT2D eigenvalue weighted by molar-refractivity contribution is 0.0377. The first kappa shape index (κ1) is 16.5. The quantitative estimate of drug-likeness (QED) is 0.689. The fraction of sp³-hybridized carbons (Fsp3) is 0.235. The number of esters is 1. The van der Waals surface area contributed by atoms with Gasteiger partial charge in [-0.25, -0.2) is 9.18 Å². The van der Waals surface area contributed by atoms with Gasteiger partial charge in [0.2, 0.25) is 0 Å². The number of hydrogen-bond donors (Lipinski definition) is 1. The molecule has 0 amide bonds. The second-order valence-corrected chi connectivity index (χ2v) is 5.73. The van der Waals surface area contributed by atoms with Crippen LogP contribution in [0.25, 0.3) is 0 Å². The van der Waals surface area contributed by atoms with Crippen molar-refractivity contribution in [3.05, 3.63) is 53.3 Å². The molecule has 124 valence electrons. The highest BCUT2D eigenvalue weighted by atomic mass is 19.1. The zero-order valence-electron chi connectivity index (χ0n) is 13.3. The Balaban J connectivity index is 1.77. The van der Waals surface area contributed by atoms with Gasteiger partial charge in [-0.1, -0.05) is 6.07 Å². The van der Waals surface area contributed by atoms with Crippen LogP contribution in [0.5, 0.6) is 11.5 Å². The summed E-state index contributed by atoms with van der Waals surface area (Å²) in [6, 6.07) is 8.89. The predicted molar refractivity (Wildman–Crippen MR) is 85.9 cm³/mol. The summed E-state index contributed by atoms with van der Waals surface area (Å²) in [5.74, 6) is -0.831. The lowest BCUT2D eigenvalue weighted by Gasteiger charge is -2.11. The molecule has 1 aliphatic rings. The molecule has 0 saturated heterocycles. The summed E-state index contributed by atoms with van der Waals surface area (Å²) < 4.78 is 29.8. The monoisotopic (exact) mass is 330 g/mol. The van der Waals surface area contributed by atoms with Crippen LogP contribution in [-0.2, 0) is 16.0 Å². The first-order valence-corrected chi connectivity index (χ1v) is 7.55. The maximum Gasteiger partial charge on any atom is 0.491 e. The minimum atomic E-state index is -0.933. The average molecular weight is 330 g/mol. The summed E-state index contributed by atoms with van der Waals surface area (Å²) in [7, 11) is -0.933. The molecule has 0 spiro atoms. The normalized spacial score (nSPS) is 13.1. The second kappa shape index (κ2) is 6.63. The van der Waals surface area contributed by atoms with E-state index in [4.69, 9.17) is 14.1 Å². The first-order valence-electron chi connectivity index (χ1n) is 7.55. The largest absolute Gasteiger partial charge is 0.491 e. The van der Waals surface area contributed by atoms with E-state index in [0.717, 1.165) is 11.6 Å². The first-order chi connectivity index (χ1) is 11.4. The van der Waals surface area contributed by atoms with Gasteiger partial charge in [0.15, 0.2) is 11.6 Å². The minimum Gasteiger partial charge on any atom is -0.459 e. The van der Waals surface area contributed by atoms with E-state index in [-0.39, 0.29) is 24.0 Å². The van der Waals surface area contributed by atoms with Crippen molar-refractivity contribution in [2.75, 3.05) is 0 Å². The van der Waals surface area contributed by atoms with Gasteiger partial charge < -0.3 is 19.2 Å². The van der Waals surface area contributed by atoms with Crippen LogP contribution in [0.1, 0.15) is 29.8 Å². The van der Waals surface area contributed by atoms with E-state index in [0.29, 0.717) is 11.2 Å². The van der Waals surface area contributed by atoms with Gasteiger partial charge in [-0.2, -0.15) is 0 Å². The van der Waals surface area contributed by atoms with E-state index in [1.807, 2.05) is 0 Å². The number of carbonyl (C=O) groups excluding carboxylic acids is 1. The number of fused-ring (bicyclic) bond motifs is 1. The SMILES string of the molecule is CC(C)OC(=O)c1ccc(Oc2ccc3c(c2)COB3O)c(F)c1. The van der Waals surface area contributed by atoms with Crippen LogP contribution in [0.2, 0.25) is 0 Å². The van der Waals surface area contributed by atoms with Gasteiger partial charge in [0.1, 0.15) is 5.75 Å². The molecule has 0 aromatic heterocycles. The third kappa shape index (κ3) is 3.42. The van der Waals surface area contributed by atoms with Crippen LogP contribution in [0.15, 0.2) is 36.4 Å². The second-order valence-electron chi connectivity index (χ2n) is 5.73. The lowest BCUT2D eigenvalue weighted by atomic mass is 9.80. The predicted octanol–water partition coefficient (Wildman–Crippen LogP) is 2.40. The van der Waals surface area contributed by atoms with Crippen LogP contribution in [0.4, 0.5) is 4.39 Å². The summed E-state index contributed by atoms with van der Waals surface area (Å²) in [5, 5.41) is 9.58. The van der Waals surface area contributed by atoms with E-state index in [9.17, 15) is 14.2 Å². The molecule has 5 nitrogen and oxygen atoms in total. The van der Waals surface area contributed by atoms with Crippen molar-refractivity contribution in [1.29, 1.82) is 0 Å². The van der Waals surface area contributed by atoms with Crippen molar-refractivity contribution in [1.82, 2.24) is 0 Å². The topological polar surface area (TPSA) is 65.0 Å². The Bertz CT molecular complexity index is 778. The standard InChI is InChI=1S/C17H16BFO5/c1-10(2)23-17(20)11-3-6-16(15(19)8-11)24-13-4-5-14-12(7-13)9-22-18(14)21/h3-8,10,21H,9H2,1-2H3. The summed E-state index contributed by atoms with van der Waals surface area (Å²) in [5.41, 5.74) is 1.59.